The number of rotatable bonds is 3. The number of aromatic amines is 2. The fraction of sp³-hybridized carbons (Fsp3) is 0.636. The zero-order valence-corrected chi connectivity index (χ0v) is 10.8. The summed E-state index contributed by atoms with van der Waals surface area (Å²) in [6, 6.07) is 0.143. The lowest BCUT2D eigenvalue weighted by Crippen LogP contribution is -2.34. The molecule has 2 aromatic rings. The molecular formula is C11H17N7O. The second-order valence-electron chi connectivity index (χ2n) is 4.84. The minimum absolute atomic E-state index is 0.143. The summed E-state index contributed by atoms with van der Waals surface area (Å²) in [5.74, 6) is 1.64. The zero-order chi connectivity index (χ0) is 13.2. The summed E-state index contributed by atoms with van der Waals surface area (Å²) in [5, 5.41) is 10.6. The highest BCUT2D eigenvalue weighted by atomic mass is 16.1. The van der Waals surface area contributed by atoms with Gasteiger partial charge in [0.25, 0.3) is 0 Å². The number of nitrogens with one attached hydrogen (secondary N) is 2. The molecule has 0 amide bonds. The lowest BCUT2D eigenvalue weighted by atomic mass is 10.0. The molecule has 8 nitrogen and oxygen atoms in total. The molecule has 2 N–H and O–H groups in total. The Hall–Kier alpha value is -1.96. The van der Waals surface area contributed by atoms with Crippen LogP contribution in [0.5, 0.6) is 0 Å². The van der Waals surface area contributed by atoms with E-state index in [1.807, 2.05) is 7.05 Å². The van der Waals surface area contributed by atoms with Gasteiger partial charge in [0.15, 0.2) is 0 Å². The lowest BCUT2D eigenvalue weighted by Gasteiger charge is -2.33. The van der Waals surface area contributed by atoms with Crippen LogP contribution < -0.4 is 5.69 Å². The molecule has 19 heavy (non-hydrogen) atoms. The van der Waals surface area contributed by atoms with E-state index in [-0.39, 0.29) is 11.7 Å². The van der Waals surface area contributed by atoms with Gasteiger partial charge in [-0.3, -0.25) is 14.6 Å². The van der Waals surface area contributed by atoms with E-state index in [2.05, 4.69) is 30.2 Å². The van der Waals surface area contributed by atoms with Crippen molar-refractivity contribution in [1.29, 1.82) is 0 Å². The maximum Gasteiger partial charge on any atom is 0.340 e. The molecule has 0 saturated carbocycles. The van der Waals surface area contributed by atoms with Gasteiger partial charge in [0.05, 0.1) is 12.6 Å². The van der Waals surface area contributed by atoms with Crippen LogP contribution in [0.4, 0.5) is 0 Å². The molecule has 2 aromatic heterocycles. The highest BCUT2D eigenvalue weighted by molar-refractivity contribution is 4.97. The van der Waals surface area contributed by atoms with Gasteiger partial charge in [-0.15, -0.1) is 0 Å². The highest BCUT2D eigenvalue weighted by Gasteiger charge is 2.27. The molecule has 3 rings (SSSR count). The van der Waals surface area contributed by atoms with Gasteiger partial charge in [0.1, 0.15) is 18.0 Å². The van der Waals surface area contributed by atoms with Crippen molar-refractivity contribution in [1.82, 2.24) is 34.8 Å². The van der Waals surface area contributed by atoms with Gasteiger partial charge in [-0.25, -0.2) is 14.9 Å². The van der Waals surface area contributed by atoms with Crippen LogP contribution in [-0.4, -0.2) is 41.4 Å². The Morgan fingerprint density at radius 1 is 1.47 bits per heavy atom. The molecule has 1 aliphatic heterocycles. The van der Waals surface area contributed by atoms with Crippen LogP contribution in [0.2, 0.25) is 0 Å². The van der Waals surface area contributed by atoms with Gasteiger partial charge in [-0.05, 0) is 19.4 Å². The minimum Gasteiger partial charge on any atom is -0.292 e. The van der Waals surface area contributed by atoms with Gasteiger partial charge in [0, 0.05) is 7.05 Å². The monoisotopic (exact) mass is 263 g/mol. The molecule has 0 aliphatic carbocycles. The van der Waals surface area contributed by atoms with E-state index in [4.69, 9.17) is 0 Å². The van der Waals surface area contributed by atoms with Crippen LogP contribution in [-0.2, 0) is 13.6 Å². The summed E-state index contributed by atoms with van der Waals surface area (Å²) in [4.78, 5) is 20.5. The van der Waals surface area contributed by atoms with Crippen molar-refractivity contribution >= 4 is 0 Å². The third-order valence-electron chi connectivity index (χ3n) is 3.60. The first-order chi connectivity index (χ1) is 9.24. The first-order valence-electron chi connectivity index (χ1n) is 6.45. The molecule has 3 heterocycles. The van der Waals surface area contributed by atoms with Crippen molar-refractivity contribution in [2.24, 2.45) is 7.05 Å². The Labute approximate surface area is 109 Å². The van der Waals surface area contributed by atoms with E-state index in [1.165, 1.54) is 0 Å². The molecule has 0 unspecified atom stereocenters. The predicted molar refractivity (Wildman–Crippen MR) is 67.2 cm³/mol. The predicted octanol–water partition coefficient (Wildman–Crippen LogP) is -0.0463. The fourth-order valence-electron chi connectivity index (χ4n) is 2.58. The van der Waals surface area contributed by atoms with Crippen LogP contribution in [0.3, 0.4) is 0 Å². The second-order valence-corrected chi connectivity index (χ2v) is 4.84. The molecule has 8 heteroatoms. The normalized spacial score (nSPS) is 20.8. The smallest absolute Gasteiger partial charge is 0.292 e. The summed E-state index contributed by atoms with van der Waals surface area (Å²) < 4.78 is 1.78. The molecular weight excluding hydrogens is 246 g/mol. The van der Waals surface area contributed by atoms with Crippen molar-refractivity contribution in [2.75, 3.05) is 6.54 Å². The standard InChI is InChI=1S/C11H17N7O/c1-17-9(12-7-13-17)6-18-5-3-2-4-8(18)10-14-11(19)16-15-10/h7-8H,2-6H2,1H3,(H2,14,15,16,19)/t8-/m1/s1. The minimum atomic E-state index is -0.251. The number of hydrogen-bond donors (Lipinski definition) is 2. The van der Waals surface area contributed by atoms with E-state index in [0.717, 1.165) is 38.2 Å². The summed E-state index contributed by atoms with van der Waals surface area (Å²) in [5.41, 5.74) is -0.251. The summed E-state index contributed by atoms with van der Waals surface area (Å²) in [6.07, 6.45) is 4.86. The molecule has 0 bridgehead atoms. The SMILES string of the molecule is Cn1ncnc1CN1CCCC[C@@H]1c1n[nH]c(=O)[nH]1. The molecule has 0 aromatic carbocycles. The number of nitrogens with zero attached hydrogens (tertiary/aromatic N) is 5. The van der Waals surface area contributed by atoms with E-state index in [1.54, 1.807) is 11.0 Å². The van der Waals surface area contributed by atoms with Gasteiger partial charge < -0.3 is 0 Å². The van der Waals surface area contributed by atoms with Gasteiger partial charge in [-0.1, -0.05) is 6.42 Å². The Morgan fingerprint density at radius 2 is 2.37 bits per heavy atom. The van der Waals surface area contributed by atoms with Crippen molar-refractivity contribution in [3.8, 4) is 0 Å². The van der Waals surface area contributed by atoms with Crippen molar-refractivity contribution in [2.45, 2.75) is 31.8 Å². The first kappa shape index (κ1) is 12.1. The van der Waals surface area contributed by atoms with Gasteiger partial charge in [0.2, 0.25) is 0 Å². The fourth-order valence-corrected chi connectivity index (χ4v) is 2.58. The number of piperidine rings is 1. The van der Waals surface area contributed by atoms with Gasteiger partial charge >= 0.3 is 5.69 Å². The molecule has 1 atom stereocenters. The topological polar surface area (TPSA) is 95.5 Å². The zero-order valence-electron chi connectivity index (χ0n) is 10.8. The Bertz CT molecular complexity index is 598. The van der Waals surface area contributed by atoms with Gasteiger partial charge in [-0.2, -0.15) is 10.2 Å². The van der Waals surface area contributed by atoms with Crippen LogP contribution >= 0.6 is 0 Å². The lowest BCUT2D eigenvalue weighted by molar-refractivity contribution is 0.129. The average molecular weight is 263 g/mol. The first-order valence-corrected chi connectivity index (χ1v) is 6.45. The average Bonchev–Trinajstić information content (AvgIpc) is 3.00. The Balaban J connectivity index is 1.81. The molecule has 0 spiro atoms. The third-order valence-corrected chi connectivity index (χ3v) is 3.60. The van der Waals surface area contributed by atoms with E-state index in [9.17, 15) is 4.79 Å². The summed E-state index contributed by atoms with van der Waals surface area (Å²) >= 11 is 0. The number of likely N-dealkylation sites (tertiary alicyclic amines) is 1. The number of hydrogen-bond acceptors (Lipinski definition) is 5. The largest absolute Gasteiger partial charge is 0.340 e. The number of H-pyrrole nitrogens is 2. The van der Waals surface area contributed by atoms with Crippen molar-refractivity contribution < 1.29 is 0 Å². The quantitative estimate of drug-likeness (QED) is 0.809. The van der Waals surface area contributed by atoms with Crippen LogP contribution in [0.15, 0.2) is 11.1 Å². The second kappa shape index (κ2) is 4.96. The van der Waals surface area contributed by atoms with Crippen LogP contribution in [0, 0.1) is 0 Å². The van der Waals surface area contributed by atoms with E-state index in [0.29, 0.717) is 5.82 Å². The van der Waals surface area contributed by atoms with Crippen LogP contribution in [0.25, 0.3) is 0 Å². The maximum absolute atomic E-state index is 11.2. The van der Waals surface area contributed by atoms with Crippen molar-refractivity contribution in [3.63, 3.8) is 0 Å². The Kier molecular flexibility index (Phi) is 3.16. The molecule has 0 radical (unpaired) electrons. The summed E-state index contributed by atoms with van der Waals surface area (Å²) in [6.45, 7) is 1.70. The van der Waals surface area contributed by atoms with E-state index >= 15 is 0 Å². The number of aromatic nitrogens is 6. The molecule has 1 aliphatic rings. The third kappa shape index (κ3) is 2.43. The maximum atomic E-state index is 11.2. The Morgan fingerprint density at radius 3 is 3.05 bits per heavy atom. The highest BCUT2D eigenvalue weighted by Crippen LogP contribution is 2.29. The van der Waals surface area contributed by atoms with Crippen molar-refractivity contribution in [3.05, 3.63) is 28.5 Å². The number of aryl methyl sites for hydroxylation is 1. The van der Waals surface area contributed by atoms with Crippen LogP contribution in [0.1, 0.15) is 37.0 Å². The molecule has 1 fully saturated rings. The summed E-state index contributed by atoms with van der Waals surface area (Å²) in [7, 11) is 1.89. The molecule has 1 saturated heterocycles. The molecule has 102 valence electrons. The van der Waals surface area contributed by atoms with E-state index < -0.39 is 0 Å².